The van der Waals surface area contributed by atoms with Crippen LogP contribution in [0.5, 0.6) is 0 Å². The minimum atomic E-state index is -0.922. The van der Waals surface area contributed by atoms with Gasteiger partial charge in [-0.1, -0.05) is 12.1 Å². The van der Waals surface area contributed by atoms with Crippen molar-refractivity contribution in [3.05, 3.63) is 35.6 Å². The van der Waals surface area contributed by atoms with Crippen molar-refractivity contribution in [1.82, 2.24) is 4.90 Å². The van der Waals surface area contributed by atoms with Crippen LogP contribution in [0.1, 0.15) is 24.8 Å². The summed E-state index contributed by atoms with van der Waals surface area (Å²) in [4.78, 5) is 2.39. The second-order valence-electron chi connectivity index (χ2n) is 6.97. The van der Waals surface area contributed by atoms with E-state index in [0.717, 1.165) is 32.5 Å². The highest BCUT2D eigenvalue weighted by Gasteiger charge is 2.31. The van der Waals surface area contributed by atoms with Crippen LogP contribution in [0.2, 0.25) is 0 Å². The summed E-state index contributed by atoms with van der Waals surface area (Å²) in [5.74, 6) is 0.386. The Morgan fingerprint density at radius 2 is 2.04 bits per heavy atom. The van der Waals surface area contributed by atoms with Crippen LogP contribution in [0.15, 0.2) is 24.3 Å². The van der Waals surface area contributed by atoms with E-state index >= 15 is 0 Å². The van der Waals surface area contributed by atoms with Gasteiger partial charge in [0.1, 0.15) is 12.0 Å². The summed E-state index contributed by atoms with van der Waals surface area (Å²) in [5.41, 5.74) is 7.22. The molecule has 2 fully saturated rings. The molecule has 2 heterocycles. The molecule has 3 rings (SSSR count). The number of alkyl halides is 1. The highest BCUT2D eigenvalue weighted by Crippen LogP contribution is 2.23. The van der Waals surface area contributed by atoms with Crippen LogP contribution in [0, 0.1) is 11.7 Å². The van der Waals surface area contributed by atoms with Crippen molar-refractivity contribution in [2.45, 2.75) is 44.0 Å². The molecule has 128 valence electrons. The first-order valence-corrected chi connectivity index (χ1v) is 8.58. The lowest BCUT2D eigenvalue weighted by atomic mass is 9.90. The minimum absolute atomic E-state index is 0.0634. The summed E-state index contributed by atoms with van der Waals surface area (Å²) in [7, 11) is 0. The molecule has 3 nitrogen and oxygen atoms in total. The molecule has 0 saturated carbocycles. The molecule has 5 heteroatoms. The number of halogens is 2. The number of ether oxygens (including phenoxy) is 1. The third-order valence-electron chi connectivity index (χ3n) is 4.98. The van der Waals surface area contributed by atoms with Crippen molar-refractivity contribution in [3.8, 4) is 0 Å². The quantitative estimate of drug-likeness (QED) is 0.925. The van der Waals surface area contributed by atoms with Gasteiger partial charge in [-0.05, 0) is 55.8 Å². The second kappa shape index (κ2) is 7.69. The number of nitrogens with zero attached hydrogens (tertiary/aromatic N) is 1. The van der Waals surface area contributed by atoms with E-state index in [9.17, 15) is 8.78 Å². The number of likely N-dealkylation sites (tertiary alicyclic amines) is 1. The SMILES string of the molecule is NC1CC(F)COC1CN1CCCC(Cc2ccc(F)cc2)C1. The molecule has 2 aliphatic heterocycles. The van der Waals surface area contributed by atoms with Gasteiger partial charge in [-0.3, -0.25) is 0 Å². The van der Waals surface area contributed by atoms with Gasteiger partial charge in [-0.25, -0.2) is 8.78 Å². The van der Waals surface area contributed by atoms with Crippen LogP contribution < -0.4 is 5.73 Å². The van der Waals surface area contributed by atoms with Crippen molar-refractivity contribution in [2.24, 2.45) is 11.7 Å². The largest absolute Gasteiger partial charge is 0.372 e. The van der Waals surface area contributed by atoms with Crippen LogP contribution in [0.4, 0.5) is 8.78 Å². The molecule has 0 spiro atoms. The zero-order valence-electron chi connectivity index (χ0n) is 13.5. The van der Waals surface area contributed by atoms with Crippen molar-refractivity contribution in [2.75, 3.05) is 26.2 Å². The Morgan fingerprint density at radius 3 is 2.78 bits per heavy atom. The summed E-state index contributed by atoms with van der Waals surface area (Å²) in [5, 5.41) is 0. The van der Waals surface area contributed by atoms with Crippen LogP contribution in [0.3, 0.4) is 0 Å². The van der Waals surface area contributed by atoms with Gasteiger partial charge in [0.05, 0.1) is 12.7 Å². The third kappa shape index (κ3) is 4.72. The van der Waals surface area contributed by atoms with Crippen molar-refractivity contribution >= 4 is 0 Å². The van der Waals surface area contributed by atoms with Gasteiger partial charge in [0, 0.05) is 19.1 Å². The maximum atomic E-state index is 13.3. The third-order valence-corrected chi connectivity index (χ3v) is 4.98. The number of rotatable bonds is 4. The van der Waals surface area contributed by atoms with E-state index < -0.39 is 6.17 Å². The molecular formula is C18H26F2N2O. The van der Waals surface area contributed by atoms with Crippen molar-refractivity contribution in [3.63, 3.8) is 0 Å². The minimum Gasteiger partial charge on any atom is -0.372 e. The molecule has 0 radical (unpaired) electrons. The summed E-state index contributed by atoms with van der Waals surface area (Å²) in [6, 6.07) is 6.58. The van der Waals surface area contributed by atoms with E-state index in [-0.39, 0.29) is 24.6 Å². The molecule has 4 unspecified atom stereocenters. The Bertz CT molecular complexity index is 496. The summed E-state index contributed by atoms with van der Waals surface area (Å²) in [6.45, 7) is 3.01. The number of hydrogen-bond donors (Lipinski definition) is 1. The van der Waals surface area contributed by atoms with E-state index in [2.05, 4.69) is 4.90 Å². The van der Waals surface area contributed by atoms with Crippen LogP contribution in [0.25, 0.3) is 0 Å². The lowest BCUT2D eigenvalue weighted by Crippen LogP contribution is -2.52. The average Bonchev–Trinajstić information content (AvgIpc) is 2.53. The predicted molar refractivity (Wildman–Crippen MR) is 86.5 cm³/mol. The standard InChI is InChI=1S/C18H26F2N2O/c19-15-5-3-13(4-6-15)8-14-2-1-7-22(10-14)11-18-17(21)9-16(20)12-23-18/h3-6,14,16-18H,1-2,7-12,21H2. The Balaban J connectivity index is 1.51. The molecular weight excluding hydrogens is 298 g/mol. The maximum absolute atomic E-state index is 13.3. The van der Waals surface area contributed by atoms with E-state index in [1.54, 1.807) is 0 Å². The molecule has 23 heavy (non-hydrogen) atoms. The number of hydrogen-bond acceptors (Lipinski definition) is 3. The van der Waals surface area contributed by atoms with Gasteiger partial charge < -0.3 is 15.4 Å². The fourth-order valence-corrected chi connectivity index (χ4v) is 3.75. The Morgan fingerprint density at radius 1 is 1.26 bits per heavy atom. The summed E-state index contributed by atoms with van der Waals surface area (Å²) < 4.78 is 31.9. The Kier molecular flexibility index (Phi) is 5.62. The zero-order valence-corrected chi connectivity index (χ0v) is 13.5. The molecule has 0 aromatic heterocycles. The molecule has 2 N–H and O–H groups in total. The van der Waals surface area contributed by atoms with Crippen LogP contribution >= 0.6 is 0 Å². The molecule has 2 aliphatic rings. The second-order valence-corrected chi connectivity index (χ2v) is 6.97. The predicted octanol–water partition coefficient (Wildman–Crippen LogP) is 2.53. The molecule has 4 atom stereocenters. The van der Waals surface area contributed by atoms with E-state index in [4.69, 9.17) is 10.5 Å². The molecule has 1 aromatic carbocycles. The summed E-state index contributed by atoms with van der Waals surface area (Å²) in [6.07, 6.45) is 2.73. The Hall–Kier alpha value is -1.04. The van der Waals surface area contributed by atoms with Gasteiger partial charge in [0.25, 0.3) is 0 Å². The van der Waals surface area contributed by atoms with Crippen LogP contribution in [-0.2, 0) is 11.2 Å². The van der Waals surface area contributed by atoms with E-state index in [1.165, 1.54) is 24.1 Å². The topological polar surface area (TPSA) is 38.5 Å². The van der Waals surface area contributed by atoms with Gasteiger partial charge in [-0.2, -0.15) is 0 Å². The first-order valence-electron chi connectivity index (χ1n) is 8.58. The van der Waals surface area contributed by atoms with Gasteiger partial charge >= 0.3 is 0 Å². The normalized spacial score (nSPS) is 32.8. The maximum Gasteiger partial charge on any atom is 0.125 e. The highest BCUT2D eigenvalue weighted by molar-refractivity contribution is 5.16. The Labute approximate surface area is 136 Å². The van der Waals surface area contributed by atoms with Crippen molar-refractivity contribution in [1.29, 1.82) is 0 Å². The molecule has 2 saturated heterocycles. The van der Waals surface area contributed by atoms with Gasteiger partial charge in [0.2, 0.25) is 0 Å². The first-order chi connectivity index (χ1) is 11.1. The molecule has 0 aliphatic carbocycles. The smallest absolute Gasteiger partial charge is 0.125 e. The number of nitrogens with two attached hydrogens (primary N) is 1. The lowest BCUT2D eigenvalue weighted by Gasteiger charge is -2.38. The molecule has 1 aromatic rings. The first kappa shape index (κ1) is 16.8. The van der Waals surface area contributed by atoms with E-state index in [0.29, 0.717) is 12.3 Å². The van der Waals surface area contributed by atoms with Gasteiger partial charge in [-0.15, -0.1) is 0 Å². The fourth-order valence-electron chi connectivity index (χ4n) is 3.75. The van der Waals surface area contributed by atoms with Crippen molar-refractivity contribution < 1.29 is 13.5 Å². The fraction of sp³-hybridized carbons (Fsp3) is 0.667. The number of piperidine rings is 1. The highest BCUT2D eigenvalue weighted by atomic mass is 19.1. The molecule has 0 bridgehead atoms. The monoisotopic (exact) mass is 324 g/mol. The van der Waals surface area contributed by atoms with Gasteiger partial charge in [0.15, 0.2) is 0 Å². The lowest BCUT2D eigenvalue weighted by molar-refractivity contribution is -0.0571. The number of benzene rings is 1. The van der Waals surface area contributed by atoms with E-state index in [1.807, 2.05) is 12.1 Å². The van der Waals surface area contributed by atoms with Crippen LogP contribution in [-0.4, -0.2) is 49.5 Å². The zero-order chi connectivity index (χ0) is 16.2. The average molecular weight is 324 g/mol. The summed E-state index contributed by atoms with van der Waals surface area (Å²) >= 11 is 0. The molecule has 0 amide bonds.